The standard InChI is InChI=1S/C26H35N7O2/c1-26(2,3)35-25(34)32-22-18-7-6-8-19(22)12-17(11-18)14-29-23-20(13-27)15-30-24(33-23)31-16-21-9-4-5-10-28-21/h4-5,9-10,15,17-19,22H,6-8,11-12,14,16H2,1-3H3,(H,32,34)(H2,29,30,31,33)/t17?,18-,19+,22-. The van der Waals surface area contributed by atoms with E-state index in [2.05, 4.69) is 37.0 Å². The molecular formula is C26H35N7O2. The molecule has 0 aromatic carbocycles. The van der Waals surface area contributed by atoms with E-state index in [1.807, 2.05) is 39.0 Å². The minimum atomic E-state index is -0.498. The fraction of sp³-hybridized carbons (Fsp3) is 0.577. The van der Waals surface area contributed by atoms with Gasteiger partial charge in [0, 0.05) is 18.8 Å². The Hall–Kier alpha value is -3.41. The van der Waals surface area contributed by atoms with Gasteiger partial charge in [-0.05, 0) is 76.3 Å². The van der Waals surface area contributed by atoms with Crippen LogP contribution in [-0.4, -0.2) is 39.2 Å². The number of amides is 1. The number of rotatable bonds is 7. The molecule has 0 saturated heterocycles. The minimum Gasteiger partial charge on any atom is -0.444 e. The van der Waals surface area contributed by atoms with Crippen molar-refractivity contribution in [1.29, 1.82) is 5.26 Å². The van der Waals surface area contributed by atoms with Crippen LogP contribution in [0.4, 0.5) is 16.6 Å². The highest BCUT2D eigenvalue weighted by Crippen LogP contribution is 2.43. The molecule has 2 saturated carbocycles. The van der Waals surface area contributed by atoms with Crippen LogP contribution in [-0.2, 0) is 11.3 Å². The Morgan fingerprint density at radius 2 is 1.94 bits per heavy atom. The number of nitriles is 1. The van der Waals surface area contributed by atoms with Crippen LogP contribution in [0.1, 0.15) is 64.1 Å². The molecule has 0 spiro atoms. The summed E-state index contributed by atoms with van der Waals surface area (Å²) in [6.07, 6.45) is 8.48. The van der Waals surface area contributed by atoms with E-state index < -0.39 is 5.60 Å². The molecule has 1 unspecified atom stereocenters. The van der Waals surface area contributed by atoms with Gasteiger partial charge >= 0.3 is 6.09 Å². The number of nitrogens with zero attached hydrogens (tertiary/aromatic N) is 4. The van der Waals surface area contributed by atoms with Gasteiger partial charge < -0.3 is 20.7 Å². The van der Waals surface area contributed by atoms with Gasteiger partial charge in [-0.1, -0.05) is 12.5 Å². The Morgan fingerprint density at radius 1 is 1.17 bits per heavy atom. The van der Waals surface area contributed by atoms with E-state index >= 15 is 0 Å². The summed E-state index contributed by atoms with van der Waals surface area (Å²) in [5.41, 5.74) is 0.814. The molecular weight excluding hydrogens is 442 g/mol. The Balaban J connectivity index is 1.35. The van der Waals surface area contributed by atoms with E-state index in [0.717, 1.165) is 37.9 Å². The van der Waals surface area contributed by atoms with Crippen LogP contribution >= 0.6 is 0 Å². The summed E-state index contributed by atoms with van der Waals surface area (Å²) in [6, 6.07) is 8.09. The van der Waals surface area contributed by atoms with E-state index in [-0.39, 0.29) is 12.1 Å². The SMILES string of the molecule is CC(C)(C)OC(=O)N[C@@H]1[C@@H]2CCC[C@H]1CC(CNc1nc(NCc3ccccn3)ncc1C#N)C2. The Bertz CT molecular complexity index is 1030. The predicted octanol–water partition coefficient (Wildman–Crippen LogP) is 4.49. The molecule has 0 radical (unpaired) electrons. The lowest BCUT2D eigenvalue weighted by Crippen LogP contribution is -2.52. The molecule has 35 heavy (non-hydrogen) atoms. The lowest BCUT2D eigenvalue weighted by atomic mass is 9.64. The number of carbonyl (C=O) groups is 1. The highest BCUT2D eigenvalue weighted by atomic mass is 16.6. The van der Waals surface area contributed by atoms with Crippen molar-refractivity contribution in [2.24, 2.45) is 17.8 Å². The number of nitrogens with one attached hydrogen (secondary N) is 3. The molecule has 2 fully saturated rings. The van der Waals surface area contributed by atoms with Crippen LogP contribution in [0.2, 0.25) is 0 Å². The molecule has 0 aliphatic heterocycles. The normalized spacial score (nSPS) is 23.6. The zero-order valence-electron chi connectivity index (χ0n) is 20.8. The van der Waals surface area contributed by atoms with Crippen molar-refractivity contribution in [3.63, 3.8) is 0 Å². The lowest BCUT2D eigenvalue weighted by Gasteiger charge is -2.46. The molecule has 2 bridgehead atoms. The largest absolute Gasteiger partial charge is 0.444 e. The van der Waals surface area contributed by atoms with Crippen LogP contribution in [0, 0.1) is 29.1 Å². The number of hydrogen-bond donors (Lipinski definition) is 3. The zero-order valence-corrected chi connectivity index (χ0v) is 20.8. The summed E-state index contributed by atoms with van der Waals surface area (Å²) in [4.78, 5) is 25.5. The molecule has 2 aliphatic carbocycles. The van der Waals surface area contributed by atoms with E-state index in [4.69, 9.17) is 4.74 Å². The van der Waals surface area contributed by atoms with Crippen molar-refractivity contribution in [2.75, 3.05) is 17.2 Å². The number of aromatic nitrogens is 3. The fourth-order valence-electron chi connectivity index (χ4n) is 5.31. The Kier molecular flexibility index (Phi) is 7.69. The van der Waals surface area contributed by atoms with Crippen molar-refractivity contribution < 1.29 is 9.53 Å². The first-order chi connectivity index (χ1) is 16.8. The Morgan fingerprint density at radius 3 is 2.60 bits per heavy atom. The van der Waals surface area contributed by atoms with Gasteiger partial charge in [-0.3, -0.25) is 4.98 Å². The van der Waals surface area contributed by atoms with E-state index in [0.29, 0.717) is 41.6 Å². The third-order valence-electron chi connectivity index (χ3n) is 6.74. The van der Waals surface area contributed by atoms with Gasteiger partial charge in [-0.2, -0.15) is 10.2 Å². The van der Waals surface area contributed by atoms with Crippen LogP contribution in [0.25, 0.3) is 0 Å². The van der Waals surface area contributed by atoms with Gasteiger partial charge in [-0.15, -0.1) is 0 Å². The number of carbonyl (C=O) groups excluding carboxylic acids is 1. The first-order valence-electron chi connectivity index (χ1n) is 12.4. The van der Waals surface area contributed by atoms with E-state index in [1.165, 1.54) is 6.42 Å². The predicted molar refractivity (Wildman–Crippen MR) is 134 cm³/mol. The topological polar surface area (TPSA) is 125 Å². The molecule has 2 aromatic rings. The van der Waals surface area contributed by atoms with Crippen molar-refractivity contribution in [3.8, 4) is 6.07 Å². The third kappa shape index (κ3) is 6.81. The molecule has 9 heteroatoms. The van der Waals surface area contributed by atoms with E-state index in [1.54, 1.807) is 12.4 Å². The van der Waals surface area contributed by atoms with Gasteiger partial charge in [0.15, 0.2) is 0 Å². The molecule has 4 rings (SSSR count). The van der Waals surface area contributed by atoms with Crippen LogP contribution in [0.15, 0.2) is 30.6 Å². The highest BCUT2D eigenvalue weighted by Gasteiger charge is 2.41. The number of hydrogen-bond acceptors (Lipinski definition) is 8. The third-order valence-corrected chi connectivity index (χ3v) is 6.74. The van der Waals surface area contributed by atoms with Crippen molar-refractivity contribution >= 4 is 17.9 Å². The van der Waals surface area contributed by atoms with Gasteiger partial charge in [0.2, 0.25) is 5.95 Å². The molecule has 4 atom stereocenters. The minimum absolute atomic E-state index is 0.172. The summed E-state index contributed by atoms with van der Waals surface area (Å²) in [5, 5.41) is 19.3. The summed E-state index contributed by atoms with van der Waals surface area (Å²) >= 11 is 0. The maximum Gasteiger partial charge on any atom is 0.407 e. The second kappa shape index (κ2) is 10.9. The monoisotopic (exact) mass is 477 g/mol. The average Bonchev–Trinajstić information content (AvgIpc) is 2.81. The first kappa shape index (κ1) is 24.7. The van der Waals surface area contributed by atoms with E-state index in [9.17, 15) is 10.1 Å². The summed E-state index contributed by atoms with van der Waals surface area (Å²) in [7, 11) is 0. The second-order valence-electron chi connectivity index (χ2n) is 10.6. The zero-order chi connectivity index (χ0) is 24.8. The number of alkyl carbamates (subject to hydrolysis) is 1. The summed E-state index contributed by atoms with van der Waals surface area (Å²) in [6.45, 7) is 6.90. The van der Waals surface area contributed by atoms with Crippen molar-refractivity contribution in [1.82, 2.24) is 20.3 Å². The first-order valence-corrected chi connectivity index (χ1v) is 12.4. The van der Waals surface area contributed by atoms with Gasteiger partial charge in [0.25, 0.3) is 0 Å². The van der Waals surface area contributed by atoms with Gasteiger partial charge in [0.05, 0.1) is 18.4 Å². The maximum atomic E-state index is 12.4. The molecule has 1 amide bonds. The van der Waals surface area contributed by atoms with Crippen LogP contribution < -0.4 is 16.0 Å². The molecule has 186 valence electrons. The number of fused-ring (bicyclic) bond motifs is 2. The lowest BCUT2D eigenvalue weighted by molar-refractivity contribution is 0.0324. The summed E-state index contributed by atoms with van der Waals surface area (Å²) < 4.78 is 5.51. The summed E-state index contributed by atoms with van der Waals surface area (Å²) in [5.74, 6) is 2.34. The molecule has 2 aromatic heterocycles. The highest BCUT2D eigenvalue weighted by molar-refractivity contribution is 5.68. The second-order valence-corrected chi connectivity index (χ2v) is 10.6. The van der Waals surface area contributed by atoms with Crippen molar-refractivity contribution in [3.05, 3.63) is 41.9 Å². The van der Waals surface area contributed by atoms with Crippen LogP contribution in [0.5, 0.6) is 0 Å². The maximum absolute atomic E-state index is 12.4. The van der Waals surface area contributed by atoms with Crippen LogP contribution in [0.3, 0.4) is 0 Å². The Labute approximate surface area is 207 Å². The fourth-order valence-corrected chi connectivity index (χ4v) is 5.31. The smallest absolute Gasteiger partial charge is 0.407 e. The molecule has 2 aliphatic rings. The van der Waals surface area contributed by atoms with Gasteiger partial charge in [0.1, 0.15) is 23.1 Å². The van der Waals surface area contributed by atoms with Gasteiger partial charge in [-0.25, -0.2) is 9.78 Å². The van der Waals surface area contributed by atoms with Crippen molar-refractivity contribution in [2.45, 2.75) is 71.1 Å². The average molecular weight is 478 g/mol. The quantitative estimate of drug-likeness (QED) is 0.533. The number of anilines is 2. The number of ether oxygens (including phenoxy) is 1. The molecule has 2 heterocycles. The number of pyridine rings is 1. The molecule has 9 nitrogen and oxygen atoms in total. The molecule has 3 N–H and O–H groups in total.